The highest BCUT2D eigenvalue weighted by Gasteiger charge is 2.32. The van der Waals surface area contributed by atoms with Crippen molar-refractivity contribution in [1.29, 1.82) is 0 Å². The second kappa shape index (κ2) is 7.24. The summed E-state index contributed by atoms with van der Waals surface area (Å²) in [5, 5.41) is 0. The Morgan fingerprint density at radius 3 is 2.73 bits per heavy atom. The van der Waals surface area contributed by atoms with E-state index in [9.17, 15) is 18.0 Å². The molecule has 2 aromatic heterocycles. The van der Waals surface area contributed by atoms with Gasteiger partial charge in [0.1, 0.15) is 12.3 Å². The summed E-state index contributed by atoms with van der Waals surface area (Å²) < 4.78 is 32.2. The number of fused-ring (bicyclic) bond motifs is 2. The van der Waals surface area contributed by atoms with Crippen molar-refractivity contribution in [3.8, 4) is 0 Å². The molecule has 30 heavy (non-hydrogen) atoms. The van der Waals surface area contributed by atoms with Gasteiger partial charge in [0, 0.05) is 18.3 Å². The fourth-order valence-electron chi connectivity index (χ4n) is 3.79. The molecule has 3 aromatic rings. The fourth-order valence-corrected chi connectivity index (χ4v) is 5.05. The highest BCUT2D eigenvalue weighted by atomic mass is 32.2. The quantitative estimate of drug-likeness (QED) is 0.591. The highest BCUT2D eigenvalue weighted by Crippen LogP contribution is 2.34. The zero-order valence-corrected chi connectivity index (χ0v) is 17.6. The first kappa shape index (κ1) is 20.1. The van der Waals surface area contributed by atoms with E-state index < -0.39 is 16.0 Å². The molecule has 8 nitrogen and oxygen atoms in total. The van der Waals surface area contributed by atoms with Crippen LogP contribution in [-0.4, -0.2) is 36.1 Å². The summed E-state index contributed by atoms with van der Waals surface area (Å²) in [4.78, 5) is 29.1. The number of ether oxygens (including phenoxy) is 1. The number of carbonyl (C=O) groups is 1. The van der Waals surface area contributed by atoms with Crippen molar-refractivity contribution in [2.45, 2.75) is 32.9 Å². The summed E-state index contributed by atoms with van der Waals surface area (Å²) in [6.07, 6.45) is 3.39. The van der Waals surface area contributed by atoms with Crippen LogP contribution in [0.25, 0.3) is 5.65 Å². The third-order valence-electron chi connectivity index (χ3n) is 5.04. The minimum Gasteiger partial charge on any atom is -0.456 e. The van der Waals surface area contributed by atoms with Gasteiger partial charge in [-0.1, -0.05) is 6.07 Å². The molecule has 1 aliphatic heterocycles. The molecule has 0 N–H and O–H groups in total. The van der Waals surface area contributed by atoms with Crippen LogP contribution in [-0.2, 0) is 27.8 Å². The average molecular weight is 427 g/mol. The number of carbonyl (C=O) groups excluding carboxylic acids is 1. The van der Waals surface area contributed by atoms with E-state index in [-0.39, 0.29) is 18.2 Å². The second-order valence-corrected chi connectivity index (χ2v) is 9.41. The lowest BCUT2D eigenvalue weighted by Crippen LogP contribution is -2.34. The van der Waals surface area contributed by atoms with E-state index in [0.717, 1.165) is 11.1 Å². The first-order valence-electron chi connectivity index (χ1n) is 9.42. The predicted octanol–water partition coefficient (Wildman–Crippen LogP) is 2.07. The molecule has 9 heteroatoms. The van der Waals surface area contributed by atoms with Crippen molar-refractivity contribution < 1.29 is 17.9 Å². The molecule has 156 valence electrons. The largest absolute Gasteiger partial charge is 0.456 e. The van der Waals surface area contributed by atoms with Crippen molar-refractivity contribution in [3.05, 3.63) is 75.3 Å². The Kier molecular flexibility index (Phi) is 4.85. The van der Waals surface area contributed by atoms with Crippen LogP contribution in [0.1, 0.15) is 34.1 Å². The Balaban J connectivity index is 1.53. The number of benzene rings is 1. The SMILES string of the molecule is Cc1ccc2nc(COC(=O)c3ccc4c(c3)C[C@@H](C)N4S(C)(=O)=O)cc(=O)n2c1. The number of esters is 1. The molecule has 0 aliphatic carbocycles. The smallest absolute Gasteiger partial charge is 0.338 e. The van der Waals surface area contributed by atoms with E-state index in [4.69, 9.17) is 4.74 Å². The van der Waals surface area contributed by atoms with Crippen molar-refractivity contribution >= 4 is 27.3 Å². The summed E-state index contributed by atoms with van der Waals surface area (Å²) in [5.74, 6) is -0.561. The van der Waals surface area contributed by atoms with Crippen LogP contribution < -0.4 is 9.86 Å². The number of anilines is 1. The first-order chi connectivity index (χ1) is 14.1. The molecule has 0 amide bonds. The van der Waals surface area contributed by atoms with Gasteiger partial charge in [-0.2, -0.15) is 0 Å². The minimum atomic E-state index is -3.39. The van der Waals surface area contributed by atoms with E-state index in [1.54, 1.807) is 30.5 Å². The third kappa shape index (κ3) is 3.68. The molecule has 0 radical (unpaired) electrons. The maximum atomic E-state index is 12.5. The lowest BCUT2D eigenvalue weighted by atomic mass is 10.1. The Bertz CT molecular complexity index is 1330. The number of rotatable bonds is 4. The molecule has 0 unspecified atom stereocenters. The van der Waals surface area contributed by atoms with Gasteiger partial charge >= 0.3 is 5.97 Å². The summed E-state index contributed by atoms with van der Waals surface area (Å²) in [5.41, 5.74) is 3.21. The molecule has 3 heterocycles. The van der Waals surface area contributed by atoms with Crippen LogP contribution in [0.15, 0.2) is 47.4 Å². The van der Waals surface area contributed by atoms with Gasteiger partial charge in [0.2, 0.25) is 10.0 Å². The lowest BCUT2D eigenvalue weighted by Gasteiger charge is -2.21. The van der Waals surface area contributed by atoms with Gasteiger partial charge in [-0.05, 0) is 55.7 Å². The molecule has 0 bridgehead atoms. The minimum absolute atomic E-state index is 0.137. The molecule has 1 aliphatic rings. The first-order valence-corrected chi connectivity index (χ1v) is 11.3. The van der Waals surface area contributed by atoms with Gasteiger partial charge in [0.25, 0.3) is 5.56 Å². The van der Waals surface area contributed by atoms with Crippen molar-refractivity contribution in [2.75, 3.05) is 10.6 Å². The van der Waals surface area contributed by atoms with Crippen LogP contribution in [0.2, 0.25) is 0 Å². The van der Waals surface area contributed by atoms with E-state index in [1.165, 1.54) is 21.0 Å². The standard InChI is InChI=1S/C21H21N3O5S/c1-13-4-7-19-22-17(10-20(25)23(19)11-13)12-29-21(26)15-5-6-18-16(9-15)8-14(2)24(18)30(3,27)28/h4-7,9-11,14H,8,12H2,1-3H3/t14-/m1/s1. The third-order valence-corrected chi connectivity index (χ3v) is 6.31. The van der Waals surface area contributed by atoms with E-state index in [2.05, 4.69) is 4.98 Å². The van der Waals surface area contributed by atoms with Crippen LogP contribution >= 0.6 is 0 Å². The van der Waals surface area contributed by atoms with Crippen LogP contribution in [0.3, 0.4) is 0 Å². The van der Waals surface area contributed by atoms with Crippen LogP contribution in [0, 0.1) is 6.92 Å². The fraction of sp³-hybridized carbons (Fsp3) is 0.286. The Labute approximate surface area is 173 Å². The number of hydrogen-bond acceptors (Lipinski definition) is 6. The molecular formula is C21H21N3O5S. The van der Waals surface area contributed by atoms with Gasteiger partial charge < -0.3 is 4.74 Å². The summed E-state index contributed by atoms with van der Waals surface area (Å²) in [6, 6.07) is 9.54. The number of nitrogens with zero attached hydrogens (tertiary/aromatic N) is 3. The van der Waals surface area contributed by atoms with Crippen LogP contribution in [0.4, 0.5) is 5.69 Å². The van der Waals surface area contributed by atoms with Crippen LogP contribution in [0.5, 0.6) is 0 Å². The van der Waals surface area contributed by atoms with Crippen molar-refractivity contribution in [3.63, 3.8) is 0 Å². The molecule has 1 aromatic carbocycles. The van der Waals surface area contributed by atoms with Gasteiger partial charge in [0.05, 0.1) is 23.2 Å². The molecular weight excluding hydrogens is 406 g/mol. The number of hydrogen-bond donors (Lipinski definition) is 0. The Morgan fingerprint density at radius 2 is 2.00 bits per heavy atom. The lowest BCUT2D eigenvalue weighted by molar-refractivity contribution is 0.0467. The zero-order valence-electron chi connectivity index (χ0n) is 16.8. The van der Waals surface area contributed by atoms with Crippen molar-refractivity contribution in [2.24, 2.45) is 0 Å². The maximum Gasteiger partial charge on any atom is 0.338 e. The molecule has 1 atom stereocenters. The molecule has 4 rings (SSSR count). The monoisotopic (exact) mass is 427 g/mol. The topological polar surface area (TPSA) is 98.0 Å². The van der Waals surface area contributed by atoms with Gasteiger partial charge in [-0.25, -0.2) is 18.2 Å². The summed E-state index contributed by atoms with van der Waals surface area (Å²) in [7, 11) is -3.39. The summed E-state index contributed by atoms with van der Waals surface area (Å²) in [6.45, 7) is 3.57. The Hall–Kier alpha value is -3.20. The predicted molar refractivity (Wildman–Crippen MR) is 112 cm³/mol. The molecule has 0 fully saturated rings. The normalized spacial score (nSPS) is 16.0. The van der Waals surface area contributed by atoms with Gasteiger partial charge in [-0.3, -0.25) is 13.5 Å². The second-order valence-electron chi connectivity index (χ2n) is 7.55. The zero-order chi connectivity index (χ0) is 21.6. The molecule has 0 saturated heterocycles. The molecule has 0 saturated carbocycles. The number of sulfonamides is 1. The van der Waals surface area contributed by atoms with E-state index >= 15 is 0 Å². The van der Waals surface area contributed by atoms with E-state index in [1.807, 2.05) is 19.9 Å². The number of pyridine rings is 1. The van der Waals surface area contributed by atoms with Gasteiger partial charge in [0.15, 0.2) is 0 Å². The number of aryl methyl sites for hydroxylation is 1. The van der Waals surface area contributed by atoms with Crippen molar-refractivity contribution in [1.82, 2.24) is 9.38 Å². The molecule has 0 spiro atoms. The maximum absolute atomic E-state index is 12.5. The van der Waals surface area contributed by atoms with E-state index in [0.29, 0.717) is 29.0 Å². The summed E-state index contributed by atoms with van der Waals surface area (Å²) >= 11 is 0. The highest BCUT2D eigenvalue weighted by molar-refractivity contribution is 7.92. The average Bonchev–Trinajstić information content (AvgIpc) is 3.01. The Morgan fingerprint density at radius 1 is 1.23 bits per heavy atom. The number of aromatic nitrogens is 2. The van der Waals surface area contributed by atoms with Gasteiger partial charge in [-0.15, -0.1) is 0 Å².